The first-order valence-corrected chi connectivity index (χ1v) is 2.84. The molecule has 0 aromatic rings. The van der Waals surface area contributed by atoms with Crippen molar-refractivity contribution in [3.05, 3.63) is 0 Å². The van der Waals surface area contributed by atoms with Gasteiger partial charge in [-0.25, -0.2) is 0 Å². The molecule has 1 heterocycles. The van der Waals surface area contributed by atoms with Gasteiger partial charge in [0.1, 0.15) is 13.1 Å². The molecule has 7 heavy (non-hydrogen) atoms. The Balaban J connectivity index is 2.40. The van der Waals surface area contributed by atoms with E-state index in [9.17, 15) is 0 Å². The molecular formula is C5H14N2+2. The van der Waals surface area contributed by atoms with Gasteiger partial charge in [0, 0.05) is 0 Å². The fourth-order valence-corrected chi connectivity index (χ4v) is 0.973. The van der Waals surface area contributed by atoms with Crippen molar-refractivity contribution in [2.75, 3.05) is 33.9 Å². The molecule has 1 aliphatic rings. The molecule has 0 amide bonds. The van der Waals surface area contributed by atoms with Crippen molar-refractivity contribution in [2.45, 2.75) is 0 Å². The molecule has 0 aromatic heterocycles. The summed E-state index contributed by atoms with van der Waals surface area (Å²) in [4.78, 5) is 0. The van der Waals surface area contributed by atoms with Gasteiger partial charge in [-0.3, -0.25) is 9.80 Å². The number of quaternary nitrogens is 2. The molecule has 0 unspecified atom stereocenters. The third-order valence-electron chi connectivity index (χ3n) is 1.56. The Labute approximate surface area is 44.7 Å². The summed E-state index contributed by atoms with van der Waals surface area (Å²) >= 11 is 0. The van der Waals surface area contributed by atoms with E-state index in [1.54, 1.807) is 0 Å². The van der Waals surface area contributed by atoms with Crippen LogP contribution < -0.4 is 5.32 Å². The van der Waals surface area contributed by atoms with Crippen LogP contribution in [0.25, 0.3) is 0 Å². The molecule has 0 bridgehead atoms. The number of likely N-dealkylation sites (N-methyl/N-ethyl adjacent to an activating group) is 1. The summed E-state index contributed by atoms with van der Waals surface area (Å²) in [5.74, 6) is 0. The quantitative estimate of drug-likeness (QED) is 0.362. The van der Waals surface area contributed by atoms with Crippen LogP contribution in [0.1, 0.15) is 0 Å². The fraction of sp³-hybridized carbons (Fsp3) is 1.00. The Morgan fingerprint density at radius 2 is 2.14 bits per heavy atom. The average molecular weight is 102 g/mol. The van der Waals surface area contributed by atoms with Crippen molar-refractivity contribution >= 4 is 0 Å². The van der Waals surface area contributed by atoms with E-state index >= 15 is 0 Å². The predicted octanol–water partition coefficient (Wildman–Crippen LogP) is -1.40. The average Bonchev–Trinajstić information content (AvgIpc) is 1.84. The summed E-state index contributed by atoms with van der Waals surface area (Å²) < 4.78 is 1.19. The molecule has 0 radical (unpaired) electrons. The van der Waals surface area contributed by atoms with Crippen molar-refractivity contribution < 1.29 is 9.80 Å². The molecule has 1 rings (SSSR count). The highest BCUT2D eigenvalue weighted by Crippen LogP contribution is 1.91. The summed E-state index contributed by atoms with van der Waals surface area (Å²) in [5.41, 5.74) is 0. The van der Waals surface area contributed by atoms with E-state index in [4.69, 9.17) is 0 Å². The van der Waals surface area contributed by atoms with E-state index in [2.05, 4.69) is 19.4 Å². The molecule has 0 saturated carbocycles. The molecule has 2 N–H and O–H groups in total. The van der Waals surface area contributed by atoms with Gasteiger partial charge in [-0.05, 0) is 0 Å². The smallest absolute Gasteiger partial charge is 0.204 e. The van der Waals surface area contributed by atoms with Crippen molar-refractivity contribution in [3.8, 4) is 0 Å². The fourth-order valence-electron chi connectivity index (χ4n) is 0.973. The molecule has 2 nitrogen and oxygen atoms in total. The first-order chi connectivity index (χ1) is 3.21. The predicted molar refractivity (Wildman–Crippen MR) is 28.6 cm³/mol. The van der Waals surface area contributed by atoms with Crippen molar-refractivity contribution in [1.82, 2.24) is 0 Å². The highest BCUT2D eigenvalue weighted by atomic mass is 15.4. The van der Waals surface area contributed by atoms with Crippen LogP contribution in [0.5, 0.6) is 0 Å². The van der Waals surface area contributed by atoms with Gasteiger partial charge in [-0.1, -0.05) is 0 Å². The molecule has 1 fully saturated rings. The lowest BCUT2D eigenvalue weighted by Crippen LogP contribution is -2.83. The first kappa shape index (κ1) is 5.06. The van der Waals surface area contributed by atoms with Crippen LogP contribution >= 0.6 is 0 Å². The molecule has 42 valence electrons. The molecule has 0 aromatic carbocycles. The normalized spacial score (nSPS) is 28.3. The topological polar surface area (TPSA) is 16.6 Å². The van der Waals surface area contributed by atoms with Gasteiger partial charge < -0.3 is 0 Å². The van der Waals surface area contributed by atoms with Gasteiger partial charge in [0.25, 0.3) is 0 Å². The van der Waals surface area contributed by atoms with Gasteiger partial charge in [-0.15, -0.1) is 0 Å². The highest BCUT2D eigenvalue weighted by Gasteiger charge is 2.22. The highest BCUT2D eigenvalue weighted by molar-refractivity contribution is 4.27. The summed E-state index contributed by atoms with van der Waals surface area (Å²) in [6.45, 7) is 3.91. The van der Waals surface area contributed by atoms with Crippen molar-refractivity contribution in [2.24, 2.45) is 0 Å². The Kier molecular flexibility index (Phi) is 1.05. The molecule has 2 heteroatoms. The van der Waals surface area contributed by atoms with Gasteiger partial charge in [-0.2, -0.15) is 0 Å². The van der Waals surface area contributed by atoms with Crippen LogP contribution in [-0.2, 0) is 0 Å². The van der Waals surface area contributed by atoms with Gasteiger partial charge >= 0.3 is 0 Å². The molecule has 1 aliphatic heterocycles. The van der Waals surface area contributed by atoms with Crippen LogP contribution in [0.2, 0.25) is 0 Å². The Hall–Kier alpha value is -0.0800. The maximum atomic E-state index is 2.36. The maximum absolute atomic E-state index is 2.36. The second-order valence-electron chi connectivity index (χ2n) is 2.92. The van der Waals surface area contributed by atoms with Gasteiger partial charge in [0.05, 0.1) is 14.1 Å². The van der Waals surface area contributed by atoms with Gasteiger partial charge in [0.2, 0.25) is 6.67 Å². The van der Waals surface area contributed by atoms with Crippen LogP contribution in [-0.4, -0.2) is 38.3 Å². The number of hydrogen-bond acceptors (Lipinski definition) is 0. The largest absolute Gasteiger partial charge is 0.295 e. The monoisotopic (exact) mass is 102 g/mol. The summed E-state index contributed by atoms with van der Waals surface area (Å²) in [6.07, 6.45) is 0. The second kappa shape index (κ2) is 1.46. The molecule has 0 spiro atoms. The van der Waals surface area contributed by atoms with Crippen molar-refractivity contribution in [3.63, 3.8) is 0 Å². The number of hydrogen-bond donors (Lipinski definition) is 1. The van der Waals surface area contributed by atoms with E-state index in [0.29, 0.717) is 0 Å². The van der Waals surface area contributed by atoms with Crippen LogP contribution in [0, 0.1) is 0 Å². The van der Waals surface area contributed by atoms with E-state index in [-0.39, 0.29) is 0 Å². The summed E-state index contributed by atoms with van der Waals surface area (Å²) in [5, 5.41) is 2.36. The Bertz CT molecular complexity index is 60.5. The maximum Gasteiger partial charge on any atom is 0.204 e. The minimum Gasteiger partial charge on any atom is -0.295 e. The van der Waals surface area contributed by atoms with Crippen LogP contribution in [0.4, 0.5) is 0 Å². The van der Waals surface area contributed by atoms with Crippen molar-refractivity contribution in [1.29, 1.82) is 0 Å². The van der Waals surface area contributed by atoms with E-state index in [0.717, 1.165) is 0 Å². The SMILES string of the molecule is C[N+]1(C)CC[NH2+]C1. The minimum absolute atomic E-state index is 1.19. The molecular weight excluding hydrogens is 88.1 g/mol. The lowest BCUT2D eigenvalue weighted by molar-refractivity contribution is -0.940. The van der Waals surface area contributed by atoms with Crippen LogP contribution in [0.3, 0.4) is 0 Å². The third kappa shape index (κ3) is 1.14. The molecule has 1 saturated heterocycles. The molecule has 0 aliphatic carbocycles. The zero-order chi connectivity index (χ0) is 5.33. The van der Waals surface area contributed by atoms with Gasteiger partial charge in [0.15, 0.2) is 0 Å². The Morgan fingerprint density at radius 3 is 2.29 bits per heavy atom. The minimum atomic E-state index is 1.19. The van der Waals surface area contributed by atoms with E-state index in [1.807, 2.05) is 0 Å². The number of nitrogens with two attached hydrogens (primary N) is 1. The third-order valence-corrected chi connectivity index (χ3v) is 1.56. The lowest BCUT2D eigenvalue weighted by Gasteiger charge is -2.17. The number of nitrogens with zero attached hydrogens (tertiary/aromatic N) is 1. The lowest BCUT2D eigenvalue weighted by atomic mass is 10.6. The van der Waals surface area contributed by atoms with E-state index < -0.39 is 0 Å². The molecule has 0 atom stereocenters. The summed E-state index contributed by atoms with van der Waals surface area (Å²) in [7, 11) is 4.53. The van der Waals surface area contributed by atoms with E-state index in [1.165, 1.54) is 24.2 Å². The number of rotatable bonds is 0. The Morgan fingerprint density at radius 1 is 1.43 bits per heavy atom. The zero-order valence-electron chi connectivity index (χ0n) is 5.15. The standard InChI is InChI=1S/C5H13N2/c1-7(2)4-3-6-5-7/h6H,3-5H2,1-2H3/q+1/p+1. The second-order valence-corrected chi connectivity index (χ2v) is 2.92. The first-order valence-electron chi connectivity index (χ1n) is 2.84. The van der Waals surface area contributed by atoms with Crippen LogP contribution in [0.15, 0.2) is 0 Å². The summed E-state index contributed by atoms with van der Waals surface area (Å²) in [6, 6.07) is 0. The zero-order valence-corrected chi connectivity index (χ0v) is 5.15.